The Morgan fingerprint density at radius 3 is 2.94 bits per heavy atom. The molecule has 0 saturated heterocycles. The Balaban J connectivity index is 1.80. The van der Waals surface area contributed by atoms with Gasteiger partial charge in [0.2, 0.25) is 0 Å². The Morgan fingerprint density at radius 2 is 2.12 bits per heavy atom. The van der Waals surface area contributed by atoms with Crippen molar-refractivity contribution in [1.82, 2.24) is 5.32 Å². The van der Waals surface area contributed by atoms with Crippen LogP contribution in [0.4, 0.5) is 0 Å². The minimum atomic E-state index is 0.409. The van der Waals surface area contributed by atoms with Crippen molar-refractivity contribution in [3.8, 4) is 5.75 Å². The van der Waals surface area contributed by atoms with Crippen LogP contribution in [0.1, 0.15) is 31.2 Å². The van der Waals surface area contributed by atoms with Crippen LogP contribution in [0.3, 0.4) is 0 Å². The highest BCUT2D eigenvalue weighted by Gasteiger charge is 2.15. The van der Waals surface area contributed by atoms with Gasteiger partial charge in [-0.05, 0) is 35.9 Å². The predicted octanol–water partition coefficient (Wildman–Crippen LogP) is 3.64. The Hall–Kier alpha value is -1.06. The van der Waals surface area contributed by atoms with Gasteiger partial charge in [0.25, 0.3) is 0 Å². The highest BCUT2D eigenvalue weighted by Crippen LogP contribution is 2.33. The quantitative estimate of drug-likeness (QED) is 0.868. The average Bonchev–Trinajstić information content (AvgIpc) is 2.95. The third-order valence-electron chi connectivity index (χ3n) is 3.59. The van der Waals surface area contributed by atoms with Crippen LogP contribution in [-0.4, -0.2) is 11.1 Å². The standard InChI is InChI=1S/C14H17NOS/c16-12-6-3-7-13-14(12)10(9-17-13)8-15-11-4-1-2-5-11/h3,6-7,9,11,15-16H,1-2,4-5,8H2. The molecular formula is C14H17NOS. The zero-order valence-corrected chi connectivity index (χ0v) is 10.6. The Morgan fingerprint density at radius 1 is 1.29 bits per heavy atom. The van der Waals surface area contributed by atoms with Crippen molar-refractivity contribution >= 4 is 21.4 Å². The van der Waals surface area contributed by atoms with Crippen LogP contribution in [0.25, 0.3) is 10.1 Å². The highest BCUT2D eigenvalue weighted by atomic mass is 32.1. The largest absolute Gasteiger partial charge is 0.507 e. The van der Waals surface area contributed by atoms with E-state index in [9.17, 15) is 5.11 Å². The molecule has 3 rings (SSSR count). The number of phenolic OH excluding ortho intramolecular Hbond substituents is 1. The highest BCUT2D eigenvalue weighted by molar-refractivity contribution is 7.17. The number of fused-ring (bicyclic) bond motifs is 1. The fourth-order valence-electron chi connectivity index (χ4n) is 2.65. The summed E-state index contributed by atoms with van der Waals surface area (Å²) in [7, 11) is 0. The molecule has 90 valence electrons. The first kappa shape index (κ1) is 11.1. The molecule has 0 amide bonds. The van der Waals surface area contributed by atoms with Crippen LogP contribution >= 0.6 is 11.3 Å². The Labute approximate surface area is 105 Å². The van der Waals surface area contributed by atoms with Crippen molar-refractivity contribution in [2.24, 2.45) is 0 Å². The van der Waals surface area contributed by atoms with Gasteiger partial charge in [0, 0.05) is 22.7 Å². The first-order valence-corrected chi connectivity index (χ1v) is 7.14. The summed E-state index contributed by atoms with van der Waals surface area (Å²) in [6.45, 7) is 0.877. The molecule has 2 nitrogen and oxygen atoms in total. The van der Waals surface area contributed by atoms with Crippen molar-refractivity contribution in [1.29, 1.82) is 0 Å². The van der Waals surface area contributed by atoms with Crippen molar-refractivity contribution in [2.45, 2.75) is 38.3 Å². The topological polar surface area (TPSA) is 32.3 Å². The van der Waals surface area contributed by atoms with E-state index in [0.29, 0.717) is 11.8 Å². The van der Waals surface area contributed by atoms with E-state index in [2.05, 4.69) is 16.8 Å². The maximum atomic E-state index is 9.91. The predicted molar refractivity (Wildman–Crippen MR) is 72.6 cm³/mol. The second-order valence-electron chi connectivity index (χ2n) is 4.77. The SMILES string of the molecule is Oc1cccc2scc(CNC3CCCC3)c12. The third kappa shape index (κ3) is 2.17. The monoisotopic (exact) mass is 247 g/mol. The van der Waals surface area contributed by atoms with Gasteiger partial charge in [-0.15, -0.1) is 11.3 Å². The maximum absolute atomic E-state index is 9.91. The molecule has 2 aromatic rings. The minimum absolute atomic E-state index is 0.409. The molecule has 1 heterocycles. The fourth-order valence-corrected chi connectivity index (χ4v) is 3.63. The molecule has 17 heavy (non-hydrogen) atoms. The van der Waals surface area contributed by atoms with Gasteiger partial charge in [-0.25, -0.2) is 0 Å². The van der Waals surface area contributed by atoms with E-state index >= 15 is 0 Å². The zero-order valence-electron chi connectivity index (χ0n) is 9.78. The fraction of sp³-hybridized carbons (Fsp3) is 0.429. The maximum Gasteiger partial charge on any atom is 0.124 e. The van der Waals surface area contributed by atoms with Gasteiger partial charge in [0.15, 0.2) is 0 Å². The molecule has 0 spiro atoms. The van der Waals surface area contributed by atoms with Gasteiger partial charge in [0.05, 0.1) is 0 Å². The van der Waals surface area contributed by atoms with E-state index in [1.165, 1.54) is 35.9 Å². The summed E-state index contributed by atoms with van der Waals surface area (Å²) < 4.78 is 1.17. The molecule has 3 heteroatoms. The summed E-state index contributed by atoms with van der Waals surface area (Å²) in [5, 5.41) is 16.7. The van der Waals surface area contributed by atoms with Crippen molar-refractivity contribution in [3.05, 3.63) is 29.1 Å². The molecule has 1 aromatic heterocycles. The van der Waals surface area contributed by atoms with E-state index in [-0.39, 0.29) is 0 Å². The van der Waals surface area contributed by atoms with Crippen LogP contribution < -0.4 is 5.32 Å². The van der Waals surface area contributed by atoms with Gasteiger partial charge >= 0.3 is 0 Å². The lowest BCUT2D eigenvalue weighted by atomic mass is 10.1. The van der Waals surface area contributed by atoms with Crippen molar-refractivity contribution in [2.75, 3.05) is 0 Å². The van der Waals surface area contributed by atoms with E-state index in [1.54, 1.807) is 17.4 Å². The molecule has 1 fully saturated rings. The summed E-state index contributed by atoms with van der Waals surface area (Å²) in [6, 6.07) is 6.42. The number of hydrogen-bond donors (Lipinski definition) is 2. The van der Waals surface area contributed by atoms with Gasteiger partial charge in [-0.3, -0.25) is 0 Å². The lowest BCUT2D eigenvalue weighted by molar-refractivity contribution is 0.480. The molecule has 1 aromatic carbocycles. The molecular weight excluding hydrogens is 230 g/mol. The summed E-state index contributed by atoms with van der Waals surface area (Å²) in [5.41, 5.74) is 1.23. The molecule has 0 atom stereocenters. The summed E-state index contributed by atoms with van der Waals surface area (Å²) in [5.74, 6) is 0.409. The van der Waals surface area contributed by atoms with E-state index < -0.39 is 0 Å². The molecule has 0 unspecified atom stereocenters. The lowest BCUT2D eigenvalue weighted by Gasteiger charge is -2.11. The number of nitrogens with one attached hydrogen (secondary N) is 1. The molecule has 1 aliphatic rings. The normalized spacial score (nSPS) is 16.9. The van der Waals surface area contributed by atoms with E-state index in [1.807, 2.05) is 6.07 Å². The van der Waals surface area contributed by atoms with Gasteiger partial charge in [0.1, 0.15) is 5.75 Å². The number of hydrogen-bond acceptors (Lipinski definition) is 3. The summed E-state index contributed by atoms with van der Waals surface area (Å²) in [6.07, 6.45) is 5.31. The van der Waals surface area contributed by atoms with Crippen LogP contribution in [0.15, 0.2) is 23.6 Å². The van der Waals surface area contributed by atoms with Gasteiger partial charge in [-0.1, -0.05) is 18.9 Å². The summed E-state index contributed by atoms with van der Waals surface area (Å²) >= 11 is 1.71. The van der Waals surface area contributed by atoms with Crippen LogP contribution in [0, 0.1) is 0 Å². The number of aromatic hydroxyl groups is 1. The summed E-state index contributed by atoms with van der Waals surface area (Å²) in [4.78, 5) is 0. The average molecular weight is 247 g/mol. The number of thiophene rings is 1. The Bertz CT molecular complexity index is 514. The number of phenols is 1. The van der Waals surface area contributed by atoms with E-state index in [4.69, 9.17) is 0 Å². The second-order valence-corrected chi connectivity index (χ2v) is 5.68. The lowest BCUT2D eigenvalue weighted by Crippen LogP contribution is -2.25. The molecule has 2 N–H and O–H groups in total. The third-order valence-corrected chi connectivity index (χ3v) is 4.59. The number of benzene rings is 1. The smallest absolute Gasteiger partial charge is 0.124 e. The zero-order chi connectivity index (χ0) is 11.7. The number of rotatable bonds is 3. The molecule has 0 bridgehead atoms. The first-order chi connectivity index (χ1) is 8.34. The Kier molecular flexibility index (Phi) is 3.04. The molecule has 0 aliphatic heterocycles. The van der Waals surface area contributed by atoms with Crippen LogP contribution in [0.5, 0.6) is 5.75 Å². The molecule has 1 aliphatic carbocycles. The van der Waals surface area contributed by atoms with Gasteiger partial charge in [-0.2, -0.15) is 0 Å². The van der Waals surface area contributed by atoms with Crippen molar-refractivity contribution in [3.63, 3.8) is 0 Å². The molecule has 1 saturated carbocycles. The van der Waals surface area contributed by atoms with Crippen molar-refractivity contribution < 1.29 is 5.11 Å². The van der Waals surface area contributed by atoms with E-state index in [0.717, 1.165) is 11.9 Å². The van der Waals surface area contributed by atoms with Crippen LogP contribution in [0.2, 0.25) is 0 Å². The first-order valence-electron chi connectivity index (χ1n) is 6.26. The second kappa shape index (κ2) is 4.67. The van der Waals surface area contributed by atoms with Gasteiger partial charge < -0.3 is 10.4 Å². The molecule has 0 radical (unpaired) electrons. The van der Waals surface area contributed by atoms with Crippen LogP contribution in [-0.2, 0) is 6.54 Å². The minimum Gasteiger partial charge on any atom is -0.507 e.